The Morgan fingerprint density at radius 2 is 1.61 bits per heavy atom. The van der Waals surface area contributed by atoms with E-state index in [9.17, 15) is 28.1 Å². The average molecular weight is 588 g/mol. The maximum atomic E-state index is 13.7. The molecule has 3 fully saturated rings. The van der Waals surface area contributed by atoms with Crippen LogP contribution in [0.2, 0.25) is 0 Å². The molecule has 1 aromatic carbocycles. The van der Waals surface area contributed by atoms with Gasteiger partial charge in [0.05, 0.1) is 17.9 Å². The van der Waals surface area contributed by atoms with Crippen molar-refractivity contribution in [2.24, 2.45) is 11.8 Å². The lowest BCUT2D eigenvalue weighted by Gasteiger charge is -2.37. The molecular weight excluding hydrogens is 546 g/mol. The van der Waals surface area contributed by atoms with Gasteiger partial charge in [0.25, 0.3) is 0 Å². The molecule has 0 aromatic heterocycles. The molecule has 3 aliphatic rings. The number of nitrogens with one attached hydrogen (secondary N) is 1. The predicted octanol–water partition coefficient (Wildman–Crippen LogP) is 2.46. The van der Waals surface area contributed by atoms with E-state index < -0.39 is 27.6 Å². The summed E-state index contributed by atoms with van der Waals surface area (Å²) in [6.07, 6.45) is 4.27. The quantitative estimate of drug-likeness (QED) is 0.501. The number of anilines is 1. The first-order valence-corrected chi connectivity index (χ1v) is 16.1. The first kappa shape index (κ1) is 30.9. The Hall–Kier alpha value is -3.01. The Balaban J connectivity index is 1.46. The standard InChI is InChI=1S/C29H41N5O6S/c1-29(2,3)40-28(37)22-9-11-23(12-10-22)31-26(35)25-17-24(32-13-15-33(16-14-32)41(4,38)39)19-34(25)27(36)21-7-5-20(18-30)6-8-21/h9-12,20-21,24-25H,5-8,13-17,19H2,1-4H3,(H,31,35)/t20-,21-,24-,25-/m0/s1. The molecular formula is C29H41N5O6S. The minimum atomic E-state index is -3.27. The Morgan fingerprint density at radius 3 is 2.15 bits per heavy atom. The van der Waals surface area contributed by atoms with Crippen LogP contribution >= 0.6 is 0 Å². The first-order chi connectivity index (χ1) is 19.2. The number of nitriles is 1. The van der Waals surface area contributed by atoms with E-state index in [2.05, 4.69) is 16.3 Å². The molecule has 1 N–H and O–H groups in total. The zero-order valence-corrected chi connectivity index (χ0v) is 25.2. The van der Waals surface area contributed by atoms with Crippen molar-refractivity contribution in [2.45, 2.75) is 70.6 Å². The van der Waals surface area contributed by atoms with Gasteiger partial charge in [0.1, 0.15) is 11.6 Å². The molecule has 2 heterocycles. The van der Waals surface area contributed by atoms with Crippen LogP contribution in [0, 0.1) is 23.2 Å². The van der Waals surface area contributed by atoms with Crippen molar-refractivity contribution >= 4 is 33.5 Å². The number of nitrogens with zero attached hydrogens (tertiary/aromatic N) is 4. The number of rotatable bonds is 6. The van der Waals surface area contributed by atoms with Gasteiger partial charge < -0.3 is 15.0 Å². The van der Waals surface area contributed by atoms with E-state index in [4.69, 9.17) is 4.74 Å². The summed E-state index contributed by atoms with van der Waals surface area (Å²) >= 11 is 0. The zero-order valence-electron chi connectivity index (χ0n) is 24.3. The molecule has 0 bridgehead atoms. The Bertz CT molecular complexity index is 1270. The molecule has 224 valence electrons. The normalized spacial score (nSPS) is 26.3. The lowest BCUT2D eigenvalue weighted by molar-refractivity contribution is -0.141. The monoisotopic (exact) mass is 587 g/mol. The van der Waals surface area contributed by atoms with Crippen molar-refractivity contribution in [3.63, 3.8) is 0 Å². The van der Waals surface area contributed by atoms with Crippen LogP contribution in [-0.2, 0) is 24.3 Å². The maximum absolute atomic E-state index is 13.7. The van der Waals surface area contributed by atoms with E-state index in [1.165, 1.54) is 10.6 Å². The number of carbonyl (C=O) groups is 3. The molecule has 12 heteroatoms. The highest BCUT2D eigenvalue weighted by Gasteiger charge is 2.44. The summed E-state index contributed by atoms with van der Waals surface area (Å²) in [5.74, 6) is -1.05. The summed E-state index contributed by atoms with van der Waals surface area (Å²) < 4.78 is 30.8. The van der Waals surface area contributed by atoms with E-state index in [0.29, 0.717) is 76.1 Å². The van der Waals surface area contributed by atoms with Crippen LogP contribution in [-0.4, -0.2) is 97.0 Å². The number of sulfonamides is 1. The highest BCUT2D eigenvalue weighted by molar-refractivity contribution is 7.88. The third-order valence-corrected chi connectivity index (χ3v) is 9.47. The number of amides is 2. The second-order valence-electron chi connectivity index (χ2n) is 12.3. The lowest BCUT2D eigenvalue weighted by atomic mass is 9.82. The molecule has 41 heavy (non-hydrogen) atoms. The van der Waals surface area contributed by atoms with Gasteiger partial charge in [0.2, 0.25) is 21.8 Å². The van der Waals surface area contributed by atoms with Gasteiger partial charge in [-0.2, -0.15) is 9.57 Å². The molecule has 2 amide bonds. The van der Waals surface area contributed by atoms with Crippen molar-refractivity contribution < 1.29 is 27.5 Å². The fourth-order valence-electron chi connectivity index (χ4n) is 5.93. The van der Waals surface area contributed by atoms with Gasteiger partial charge in [-0.15, -0.1) is 0 Å². The van der Waals surface area contributed by atoms with Gasteiger partial charge in [-0.3, -0.25) is 14.5 Å². The topological polar surface area (TPSA) is 140 Å². The van der Waals surface area contributed by atoms with Gasteiger partial charge in [0, 0.05) is 56.3 Å². The molecule has 2 aliphatic heterocycles. The van der Waals surface area contributed by atoms with Crippen LogP contribution in [0.5, 0.6) is 0 Å². The van der Waals surface area contributed by atoms with Crippen molar-refractivity contribution in [3.05, 3.63) is 29.8 Å². The second-order valence-corrected chi connectivity index (χ2v) is 14.3. The summed E-state index contributed by atoms with van der Waals surface area (Å²) in [5, 5.41) is 12.2. The fraction of sp³-hybridized carbons (Fsp3) is 0.655. The van der Waals surface area contributed by atoms with Crippen molar-refractivity contribution in [3.8, 4) is 6.07 Å². The summed E-state index contributed by atoms with van der Waals surface area (Å²) in [7, 11) is -3.27. The van der Waals surface area contributed by atoms with Gasteiger partial charge in [0.15, 0.2) is 0 Å². The molecule has 1 aromatic rings. The van der Waals surface area contributed by atoms with Gasteiger partial charge in [-0.05, 0) is 77.1 Å². The number of benzene rings is 1. The number of ether oxygens (including phenoxy) is 1. The highest BCUT2D eigenvalue weighted by Crippen LogP contribution is 2.33. The van der Waals surface area contributed by atoms with E-state index in [-0.39, 0.29) is 29.7 Å². The number of hydrogen-bond donors (Lipinski definition) is 1. The third kappa shape index (κ3) is 7.84. The molecule has 0 radical (unpaired) electrons. The Labute approximate surface area is 242 Å². The lowest BCUT2D eigenvalue weighted by Crippen LogP contribution is -2.52. The average Bonchev–Trinajstić information content (AvgIpc) is 3.37. The summed E-state index contributed by atoms with van der Waals surface area (Å²) in [6, 6.07) is 8.03. The highest BCUT2D eigenvalue weighted by atomic mass is 32.2. The third-order valence-electron chi connectivity index (χ3n) is 8.17. The number of esters is 1. The minimum Gasteiger partial charge on any atom is -0.456 e. The van der Waals surface area contributed by atoms with E-state index in [0.717, 1.165) is 0 Å². The Morgan fingerprint density at radius 1 is 1.00 bits per heavy atom. The van der Waals surface area contributed by atoms with Gasteiger partial charge in [-0.1, -0.05) is 0 Å². The summed E-state index contributed by atoms with van der Waals surface area (Å²) in [6.45, 7) is 7.60. The first-order valence-electron chi connectivity index (χ1n) is 14.3. The Kier molecular flexibility index (Phi) is 9.41. The summed E-state index contributed by atoms with van der Waals surface area (Å²) in [5.41, 5.74) is 0.260. The van der Waals surface area contributed by atoms with Gasteiger partial charge in [-0.25, -0.2) is 13.2 Å². The van der Waals surface area contributed by atoms with E-state index in [1.807, 2.05) is 0 Å². The fourth-order valence-corrected chi connectivity index (χ4v) is 6.75. The van der Waals surface area contributed by atoms with Gasteiger partial charge >= 0.3 is 5.97 Å². The molecule has 4 rings (SSSR count). The predicted molar refractivity (Wildman–Crippen MR) is 153 cm³/mol. The van der Waals surface area contributed by atoms with Crippen LogP contribution in [0.3, 0.4) is 0 Å². The number of carbonyl (C=O) groups excluding carboxylic acids is 3. The maximum Gasteiger partial charge on any atom is 0.338 e. The van der Waals surface area contributed by atoms with Crippen molar-refractivity contribution in [2.75, 3.05) is 44.3 Å². The van der Waals surface area contributed by atoms with Crippen LogP contribution in [0.1, 0.15) is 63.2 Å². The number of piperazine rings is 1. The second kappa shape index (κ2) is 12.5. The van der Waals surface area contributed by atoms with Crippen LogP contribution < -0.4 is 5.32 Å². The number of hydrogen-bond acceptors (Lipinski definition) is 8. The van der Waals surface area contributed by atoms with E-state index in [1.54, 1.807) is 49.9 Å². The molecule has 1 aliphatic carbocycles. The van der Waals surface area contributed by atoms with Crippen LogP contribution in [0.4, 0.5) is 5.69 Å². The molecule has 0 unspecified atom stereocenters. The number of likely N-dealkylation sites (tertiary alicyclic amines) is 1. The molecule has 2 saturated heterocycles. The smallest absolute Gasteiger partial charge is 0.338 e. The summed E-state index contributed by atoms with van der Waals surface area (Å²) in [4.78, 5) is 43.5. The minimum absolute atomic E-state index is 0.0285. The molecule has 11 nitrogen and oxygen atoms in total. The molecule has 0 spiro atoms. The SMILES string of the molecule is CC(C)(C)OC(=O)c1ccc(NC(=O)[C@@H]2C[C@H](N3CCN(S(C)(=O)=O)CC3)CN2C(=O)[C@H]2CC[C@H](C#N)CC2)cc1. The molecule has 2 atom stereocenters. The van der Waals surface area contributed by atoms with Crippen molar-refractivity contribution in [1.82, 2.24) is 14.1 Å². The largest absolute Gasteiger partial charge is 0.456 e. The van der Waals surface area contributed by atoms with Crippen molar-refractivity contribution in [1.29, 1.82) is 5.26 Å². The van der Waals surface area contributed by atoms with E-state index >= 15 is 0 Å². The van der Waals surface area contributed by atoms with Crippen LogP contribution in [0.15, 0.2) is 24.3 Å². The zero-order chi connectivity index (χ0) is 29.9. The van der Waals surface area contributed by atoms with Crippen LogP contribution in [0.25, 0.3) is 0 Å². The molecule has 1 saturated carbocycles.